The van der Waals surface area contributed by atoms with Crippen molar-refractivity contribution < 1.29 is 4.79 Å². The smallest absolute Gasteiger partial charge is 0.223 e. The highest BCUT2D eigenvalue weighted by molar-refractivity contribution is 6.42. The highest BCUT2D eigenvalue weighted by Gasteiger charge is 2.29. The molecule has 116 valence electrons. The normalized spacial score (nSPS) is 19.8. The molecule has 2 rings (SSSR count). The second-order valence-corrected chi connectivity index (χ2v) is 6.60. The Morgan fingerprint density at radius 1 is 1.43 bits per heavy atom. The van der Waals surface area contributed by atoms with Gasteiger partial charge in [0.2, 0.25) is 5.91 Å². The molecule has 0 radical (unpaired) electrons. The Morgan fingerprint density at radius 2 is 2.19 bits per heavy atom. The Hall–Kier alpha value is -0.770. The minimum atomic E-state index is 0.127. The second kappa shape index (κ2) is 7.48. The Morgan fingerprint density at radius 3 is 2.86 bits per heavy atom. The SMILES string of the molecule is CC(N)CCCC(=O)N1CCCC1c1ccc(Cl)c(Cl)c1. The molecule has 0 aliphatic carbocycles. The largest absolute Gasteiger partial charge is 0.336 e. The molecule has 21 heavy (non-hydrogen) atoms. The van der Waals surface area contributed by atoms with Crippen LogP contribution >= 0.6 is 23.2 Å². The van der Waals surface area contributed by atoms with Crippen LogP contribution in [0.5, 0.6) is 0 Å². The highest BCUT2D eigenvalue weighted by atomic mass is 35.5. The van der Waals surface area contributed by atoms with Crippen molar-refractivity contribution in [2.75, 3.05) is 6.54 Å². The van der Waals surface area contributed by atoms with E-state index in [-0.39, 0.29) is 18.0 Å². The fourth-order valence-corrected chi connectivity index (χ4v) is 3.16. The number of nitrogens with zero attached hydrogens (tertiary/aromatic N) is 1. The molecule has 2 unspecified atom stereocenters. The number of carbonyl (C=O) groups is 1. The predicted octanol–water partition coefficient (Wildman–Crippen LogP) is 4.17. The maximum absolute atomic E-state index is 12.4. The molecule has 1 aromatic rings. The summed E-state index contributed by atoms with van der Waals surface area (Å²) in [6.45, 7) is 2.79. The topological polar surface area (TPSA) is 46.3 Å². The maximum atomic E-state index is 12.4. The summed E-state index contributed by atoms with van der Waals surface area (Å²) in [4.78, 5) is 14.4. The summed E-state index contributed by atoms with van der Waals surface area (Å²) in [6.07, 6.45) is 4.32. The molecule has 5 heteroatoms. The van der Waals surface area contributed by atoms with Gasteiger partial charge < -0.3 is 10.6 Å². The quantitative estimate of drug-likeness (QED) is 0.881. The molecule has 1 fully saturated rings. The third-order valence-electron chi connectivity index (χ3n) is 3.95. The van der Waals surface area contributed by atoms with Gasteiger partial charge in [-0.1, -0.05) is 29.3 Å². The van der Waals surface area contributed by atoms with Crippen LogP contribution in [-0.2, 0) is 4.79 Å². The van der Waals surface area contributed by atoms with Crippen LogP contribution in [0.4, 0.5) is 0 Å². The number of nitrogens with two attached hydrogens (primary N) is 1. The zero-order valence-electron chi connectivity index (χ0n) is 12.3. The maximum Gasteiger partial charge on any atom is 0.223 e. The van der Waals surface area contributed by atoms with Crippen molar-refractivity contribution in [1.82, 2.24) is 4.90 Å². The van der Waals surface area contributed by atoms with E-state index in [1.54, 1.807) is 6.07 Å². The van der Waals surface area contributed by atoms with E-state index in [4.69, 9.17) is 28.9 Å². The van der Waals surface area contributed by atoms with Gasteiger partial charge >= 0.3 is 0 Å². The molecule has 1 amide bonds. The van der Waals surface area contributed by atoms with Crippen molar-refractivity contribution in [3.8, 4) is 0 Å². The summed E-state index contributed by atoms with van der Waals surface area (Å²) in [5.74, 6) is 0.212. The molecule has 0 saturated carbocycles. The lowest BCUT2D eigenvalue weighted by Gasteiger charge is -2.25. The first-order chi connectivity index (χ1) is 9.99. The van der Waals surface area contributed by atoms with E-state index in [0.29, 0.717) is 16.5 Å². The minimum absolute atomic E-state index is 0.127. The lowest BCUT2D eigenvalue weighted by Crippen LogP contribution is -2.30. The van der Waals surface area contributed by atoms with Crippen LogP contribution in [0.2, 0.25) is 10.0 Å². The molecule has 0 spiro atoms. The fourth-order valence-electron chi connectivity index (χ4n) is 2.85. The van der Waals surface area contributed by atoms with Gasteiger partial charge in [-0.2, -0.15) is 0 Å². The lowest BCUT2D eigenvalue weighted by molar-refractivity contribution is -0.132. The first-order valence-electron chi connectivity index (χ1n) is 7.49. The number of amides is 1. The first kappa shape index (κ1) is 16.6. The second-order valence-electron chi connectivity index (χ2n) is 5.79. The summed E-state index contributed by atoms with van der Waals surface area (Å²) in [5, 5.41) is 1.10. The van der Waals surface area contributed by atoms with Crippen LogP contribution in [0.25, 0.3) is 0 Å². The highest BCUT2D eigenvalue weighted by Crippen LogP contribution is 2.35. The van der Waals surface area contributed by atoms with E-state index in [1.165, 1.54) is 0 Å². The van der Waals surface area contributed by atoms with Crippen LogP contribution in [0.3, 0.4) is 0 Å². The number of hydrogen-bond donors (Lipinski definition) is 1. The predicted molar refractivity (Wildman–Crippen MR) is 87.7 cm³/mol. The van der Waals surface area contributed by atoms with Gasteiger partial charge in [-0.3, -0.25) is 4.79 Å². The van der Waals surface area contributed by atoms with E-state index < -0.39 is 0 Å². The van der Waals surface area contributed by atoms with Crippen molar-refractivity contribution in [2.45, 2.75) is 51.1 Å². The van der Waals surface area contributed by atoms with Crippen molar-refractivity contribution in [2.24, 2.45) is 5.73 Å². The van der Waals surface area contributed by atoms with Crippen LogP contribution in [0.1, 0.15) is 50.6 Å². The van der Waals surface area contributed by atoms with Crippen LogP contribution < -0.4 is 5.73 Å². The molecule has 1 heterocycles. The third-order valence-corrected chi connectivity index (χ3v) is 4.69. The Kier molecular flexibility index (Phi) is 5.91. The molecule has 2 atom stereocenters. The zero-order chi connectivity index (χ0) is 15.4. The number of likely N-dealkylation sites (tertiary alicyclic amines) is 1. The standard InChI is InChI=1S/C16H22Cl2N2O/c1-11(19)4-2-6-16(21)20-9-3-5-15(20)12-7-8-13(17)14(18)10-12/h7-8,10-11,15H,2-6,9,19H2,1H3. The average molecular weight is 329 g/mol. The van der Waals surface area contributed by atoms with Crippen molar-refractivity contribution in [3.05, 3.63) is 33.8 Å². The van der Waals surface area contributed by atoms with Crippen LogP contribution in [0.15, 0.2) is 18.2 Å². The summed E-state index contributed by atoms with van der Waals surface area (Å²) in [6, 6.07) is 5.93. The van der Waals surface area contributed by atoms with Gasteiger partial charge in [-0.05, 0) is 50.3 Å². The van der Waals surface area contributed by atoms with Gasteiger partial charge in [0.15, 0.2) is 0 Å². The van der Waals surface area contributed by atoms with Crippen molar-refractivity contribution in [1.29, 1.82) is 0 Å². The monoisotopic (exact) mass is 328 g/mol. The first-order valence-corrected chi connectivity index (χ1v) is 8.24. The van der Waals surface area contributed by atoms with Crippen LogP contribution in [0, 0.1) is 0 Å². The van der Waals surface area contributed by atoms with E-state index >= 15 is 0 Å². The van der Waals surface area contributed by atoms with Crippen LogP contribution in [-0.4, -0.2) is 23.4 Å². The van der Waals surface area contributed by atoms with E-state index in [2.05, 4.69) is 0 Å². The average Bonchev–Trinajstić information content (AvgIpc) is 2.90. The van der Waals surface area contributed by atoms with Gasteiger partial charge in [-0.25, -0.2) is 0 Å². The number of benzene rings is 1. The Labute approximate surface area is 136 Å². The number of hydrogen-bond acceptors (Lipinski definition) is 2. The molecule has 0 aromatic heterocycles. The molecule has 1 aromatic carbocycles. The third kappa shape index (κ3) is 4.35. The molecule has 3 nitrogen and oxygen atoms in total. The minimum Gasteiger partial charge on any atom is -0.336 e. The lowest BCUT2D eigenvalue weighted by atomic mass is 10.0. The van der Waals surface area contributed by atoms with Gasteiger partial charge in [0.1, 0.15) is 0 Å². The van der Waals surface area contributed by atoms with E-state index in [9.17, 15) is 4.79 Å². The summed E-state index contributed by atoms with van der Waals surface area (Å²) < 4.78 is 0. The summed E-state index contributed by atoms with van der Waals surface area (Å²) in [7, 11) is 0. The van der Waals surface area contributed by atoms with Crippen molar-refractivity contribution in [3.63, 3.8) is 0 Å². The molecular formula is C16H22Cl2N2O. The molecule has 1 aliphatic heterocycles. The molecule has 2 N–H and O–H groups in total. The fraction of sp³-hybridized carbons (Fsp3) is 0.562. The van der Waals surface area contributed by atoms with E-state index in [1.807, 2.05) is 24.0 Å². The Balaban J connectivity index is 2.02. The zero-order valence-corrected chi connectivity index (χ0v) is 13.8. The summed E-state index contributed by atoms with van der Waals surface area (Å²) in [5.41, 5.74) is 6.80. The number of halogens is 2. The molecule has 1 saturated heterocycles. The molecular weight excluding hydrogens is 307 g/mol. The van der Waals surface area contributed by atoms with Gasteiger partial charge in [0.25, 0.3) is 0 Å². The number of rotatable bonds is 5. The Bertz CT molecular complexity index is 505. The summed E-state index contributed by atoms with van der Waals surface area (Å²) >= 11 is 12.0. The van der Waals surface area contributed by atoms with Crippen molar-refractivity contribution >= 4 is 29.1 Å². The van der Waals surface area contributed by atoms with Gasteiger partial charge in [0, 0.05) is 19.0 Å². The molecule has 0 bridgehead atoms. The van der Waals surface area contributed by atoms with Gasteiger partial charge in [0.05, 0.1) is 16.1 Å². The van der Waals surface area contributed by atoms with E-state index in [0.717, 1.165) is 37.8 Å². The molecule has 1 aliphatic rings. The van der Waals surface area contributed by atoms with Gasteiger partial charge in [-0.15, -0.1) is 0 Å². The number of carbonyl (C=O) groups excluding carboxylic acids is 1.